The van der Waals surface area contributed by atoms with Gasteiger partial charge in [0.25, 0.3) is 0 Å². The third-order valence-corrected chi connectivity index (χ3v) is 3.76. The second-order valence-electron chi connectivity index (χ2n) is 4.50. The zero-order chi connectivity index (χ0) is 12.3. The Kier molecular flexibility index (Phi) is 4.02. The highest BCUT2D eigenvalue weighted by Crippen LogP contribution is 2.32. The molecule has 0 heterocycles. The molecule has 1 aromatic rings. The number of amides is 1. The second-order valence-corrected chi connectivity index (χ2v) is 4.91. The van der Waals surface area contributed by atoms with Crippen LogP contribution in [-0.2, 0) is 4.79 Å². The van der Waals surface area contributed by atoms with E-state index >= 15 is 0 Å². The molecule has 0 bridgehead atoms. The lowest BCUT2D eigenvalue weighted by molar-refractivity contribution is -0.120. The quantitative estimate of drug-likeness (QED) is 0.869. The van der Waals surface area contributed by atoms with Gasteiger partial charge in [0, 0.05) is 5.92 Å². The van der Waals surface area contributed by atoms with Gasteiger partial charge in [-0.3, -0.25) is 4.79 Å². The summed E-state index contributed by atoms with van der Waals surface area (Å²) in [5.74, 6) is 0.403. The van der Waals surface area contributed by atoms with E-state index in [-0.39, 0.29) is 11.8 Å². The van der Waals surface area contributed by atoms with Gasteiger partial charge in [0.15, 0.2) is 0 Å². The van der Waals surface area contributed by atoms with Crippen molar-refractivity contribution in [2.24, 2.45) is 17.6 Å². The highest BCUT2D eigenvalue weighted by atomic mass is 35.5. The number of hydrogen-bond donors (Lipinski definition) is 2. The highest BCUT2D eigenvalue weighted by Gasteiger charge is 2.31. The van der Waals surface area contributed by atoms with Gasteiger partial charge >= 0.3 is 0 Å². The molecule has 3 nitrogen and oxygen atoms in total. The lowest BCUT2D eigenvalue weighted by atomic mass is 9.95. The van der Waals surface area contributed by atoms with Crippen molar-refractivity contribution in [1.82, 2.24) is 0 Å². The Hall–Kier alpha value is -1.06. The lowest BCUT2D eigenvalue weighted by Crippen LogP contribution is -2.29. The van der Waals surface area contributed by atoms with Crippen LogP contribution in [-0.4, -0.2) is 12.5 Å². The van der Waals surface area contributed by atoms with Crippen molar-refractivity contribution in [3.63, 3.8) is 0 Å². The Balaban J connectivity index is 2.04. The van der Waals surface area contributed by atoms with Crippen molar-refractivity contribution in [2.45, 2.75) is 19.3 Å². The molecule has 0 spiro atoms. The number of nitrogens with two attached hydrogens (primary N) is 1. The molecule has 92 valence electrons. The number of carbonyl (C=O) groups is 1. The Morgan fingerprint density at radius 3 is 2.88 bits per heavy atom. The first-order valence-electron chi connectivity index (χ1n) is 5.98. The fourth-order valence-corrected chi connectivity index (χ4v) is 2.64. The van der Waals surface area contributed by atoms with Crippen LogP contribution in [0, 0.1) is 11.8 Å². The maximum Gasteiger partial charge on any atom is 0.227 e. The minimum Gasteiger partial charge on any atom is -0.330 e. The minimum absolute atomic E-state index is 0.0382. The molecule has 3 N–H and O–H groups in total. The molecule has 0 radical (unpaired) electrons. The maximum atomic E-state index is 12.1. The van der Waals surface area contributed by atoms with E-state index in [1.54, 1.807) is 6.07 Å². The maximum absolute atomic E-state index is 12.1. The molecule has 2 atom stereocenters. The van der Waals surface area contributed by atoms with E-state index in [1.165, 1.54) is 0 Å². The van der Waals surface area contributed by atoms with Gasteiger partial charge in [0.2, 0.25) is 5.91 Å². The summed E-state index contributed by atoms with van der Waals surface area (Å²) in [4.78, 5) is 12.1. The molecular formula is C13H17ClN2O. The van der Waals surface area contributed by atoms with E-state index in [4.69, 9.17) is 17.3 Å². The molecule has 2 rings (SSSR count). The third-order valence-electron chi connectivity index (χ3n) is 3.43. The Bertz CT molecular complexity index is 408. The van der Waals surface area contributed by atoms with Crippen molar-refractivity contribution in [2.75, 3.05) is 11.9 Å². The number of hydrogen-bond acceptors (Lipinski definition) is 2. The first-order chi connectivity index (χ1) is 8.22. The molecule has 1 saturated carbocycles. The predicted octanol–water partition coefficient (Wildman–Crippen LogP) is 2.65. The molecule has 0 saturated heterocycles. The van der Waals surface area contributed by atoms with Gasteiger partial charge in [-0.25, -0.2) is 0 Å². The number of benzene rings is 1. The molecule has 1 aromatic carbocycles. The van der Waals surface area contributed by atoms with Gasteiger partial charge < -0.3 is 11.1 Å². The van der Waals surface area contributed by atoms with Crippen LogP contribution in [0.15, 0.2) is 24.3 Å². The van der Waals surface area contributed by atoms with Crippen molar-refractivity contribution >= 4 is 23.2 Å². The predicted molar refractivity (Wildman–Crippen MR) is 70.0 cm³/mol. The summed E-state index contributed by atoms with van der Waals surface area (Å²) in [5.41, 5.74) is 6.36. The van der Waals surface area contributed by atoms with Crippen LogP contribution in [0.4, 0.5) is 5.69 Å². The summed E-state index contributed by atoms with van der Waals surface area (Å²) in [5, 5.41) is 3.46. The second kappa shape index (κ2) is 5.52. The molecule has 1 amide bonds. The summed E-state index contributed by atoms with van der Waals surface area (Å²) >= 11 is 6.01. The van der Waals surface area contributed by atoms with Crippen molar-refractivity contribution < 1.29 is 4.79 Å². The fourth-order valence-electron chi connectivity index (χ4n) is 2.45. The van der Waals surface area contributed by atoms with E-state index in [0.29, 0.717) is 23.2 Å². The van der Waals surface area contributed by atoms with Crippen molar-refractivity contribution in [1.29, 1.82) is 0 Å². The number of rotatable bonds is 3. The van der Waals surface area contributed by atoms with E-state index in [9.17, 15) is 4.79 Å². The largest absolute Gasteiger partial charge is 0.330 e. The molecule has 1 fully saturated rings. The van der Waals surface area contributed by atoms with Crippen LogP contribution < -0.4 is 11.1 Å². The molecule has 1 aliphatic carbocycles. The molecular weight excluding hydrogens is 236 g/mol. The van der Waals surface area contributed by atoms with Gasteiger partial charge in [-0.2, -0.15) is 0 Å². The molecule has 0 aromatic heterocycles. The minimum atomic E-state index is 0.0382. The number of carbonyl (C=O) groups excluding carboxylic acids is 1. The van der Waals surface area contributed by atoms with Crippen LogP contribution in [0.3, 0.4) is 0 Å². The van der Waals surface area contributed by atoms with Gasteiger partial charge in [-0.15, -0.1) is 0 Å². The SMILES string of the molecule is NCC1CCCC1C(=O)Nc1ccccc1Cl. The summed E-state index contributed by atoms with van der Waals surface area (Å²) < 4.78 is 0. The molecule has 17 heavy (non-hydrogen) atoms. The Morgan fingerprint density at radius 2 is 2.18 bits per heavy atom. The van der Waals surface area contributed by atoms with E-state index < -0.39 is 0 Å². The molecule has 1 aliphatic rings. The topological polar surface area (TPSA) is 55.1 Å². The summed E-state index contributed by atoms with van der Waals surface area (Å²) in [6, 6.07) is 7.28. The Labute approximate surface area is 106 Å². The fraction of sp³-hybridized carbons (Fsp3) is 0.462. The average Bonchev–Trinajstić information content (AvgIpc) is 2.80. The van der Waals surface area contributed by atoms with E-state index in [1.807, 2.05) is 18.2 Å². The third kappa shape index (κ3) is 2.79. The summed E-state index contributed by atoms with van der Waals surface area (Å²) in [6.07, 6.45) is 3.07. The first-order valence-corrected chi connectivity index (χ1v) is 6.35. The van der Waals surface area contributed by atoms with Gasteiger partial charge in [0.05, 0.1) is 10.7 Å². The van der Waals surface area contributed by atoms with Gasteiger partial charge in [0.1, 0.15) is 0 Å². The van der Waals surface area contributed by atoms with Crippen LogP contribution >= 0.6 is 11.6 Å². The summed E-state index contributed by atoms with van der Waals surface area (Å²) in [7, 11) is 0. The van der Waals surface area contributed by atoms with Crippen molar-refractivity contribution in [3.8, 4) is 0 Å². The normalized spacial score (nSPS) is 23.6. The standard InChI is InChI=1S/C13H17ClN2O/c14-11-6-1-2-7-12(11)16-13(17)10-5-3-4-9(10)8-15/h1-2,6-7,9-10H,3-5,8,15H2,(H,16,17). The molecule has 0 aliphatic heterocycles. The zero-order valence-electron chi connectivity index (χ0n) is 9.66. The monoisotopic (exact) mass is 252 g/mol. The van der Waals surface area contributed by atoms with E-state index in [2.05, 4.69) is 5.32 Å². The van der Waals surface area contributed by atoms with Gasteiger partial charge in [-0.05, 0) is 37.4 Å². The van der Waals surface area contributed by atoms with Crippen molar-refractivity contribution in [3.05, 3.63) is 29.3 Å². The summed E-state index contributed by atoms with van der Waals surface area (Å²) in [6.45, 7) is 0.584. The number of nitrogens with one attached hydrogen (secondary N) is 1. The molecule has 2 unspecified atom stereocenters. The van der Waals surface area contributed by atoms with E-state index in [0.717, 1.165) is 19.3 Å². The zero-order valence-corrected chi connectivity index (χ0v) is 10.4. The van der Waals surface area contributed by atoms with Crippen LogP contribution in [0.5, 0.6) is 0 Å². The number of halogens is 1. The van der Waals surface area contributed by atoms with Gasteiger partial charge in [-0.1, -0.05) is 30.2 Å². The highest BCUT2D eigenvalue weighted by molar-refractivity contribution is 6.33. The Morgan fingerprint density at radius 1 is 1.41 bits per heavy atom. The average molecular weight is 253 g/mol. The first kappa shape index (κ1) is 12.4. The van der Waals surface area contributed by atoms with Crippen LogP contribution in [0.1, 0.15) is 19.3 Å². The number of anilines is 1. The molecule has 4 heteroatoms. The van der Waals surface area contributed by atoms with Crippen LogP contribution in [0.25, 0.3) is 0 Å². The van der Waals surface area contributed by atoms with Crippen LogP contribution in [0.2, 0.25) is 5.02 Å². The lowest BCUT2D eigenvalue weighted by Gasteiger charge is -2.17. The smallest absolute Gasteiger partial charge is 0.227 e. The number of para-hydroxylation sites is 1.